The van der Waals surface area contributed by atoms with E-state index in [1.165, 1.54) is 4.68 Å². The van der Waals surface area contributed by atoms with Gasteiger partial charge in [-0.1, -0.05) is 0 Å². The van der Waals surface area contributed by atoms with Crippen LogP contribution < -0.4 is 16.2 Å². The van der Waals surface area contributed by atoms with Gasteiger partial charge < -0.3 is 15.4 Å². The third-order valence-corrected chi connectivity index (χ3v) is 3.33. The second-order valence-corrected chi connectivity index (χ2v) is 4.92. The maximum Gasteiger partial charge on any atom is 0.268 e. The summed E-state index contributed by atoms with van der Waals surface area (Å²) in [5.74, 6) is 0.326. The molecule has 0 bridgehead atoms. The van der Waals surface area contributed by atoms with Crippen LogP contribution in [0.25, 0.3) is 0 Å². The van der Waals surface area contributed by atoms with Crippen LogP contribution in [0.3, 0.4) is 0 Å². The van der Waals surface area contributed by atoms with Gasteiger partial charge in [0.1, 0.15) is 0 Å². The van der Waals surface area contributed by atoms with Gasteiger partial charge in [-0.2, -0.15) is 5.10 Å². The fraction of sp³-hybridized carbons (Fsp3) is 0.667. The smallest absolute Gasteiger partial charge is 0.268 e. The molecule has 0 aromatic carbocycles. The van der Waals surface area contributed by atoms with Crippen molar-refractivity contribution >= 4 is 5.69 Å². The zero-order valence-electron chi connectivity index (χ0n) is 10.9. The first-order valence-corrected chi connectivity index (χ1v) is 6.15. The summed E-state index contributed by atoms with van der Waals surface area (Å²) in [5, 5.41) is 4.15. The molecule has 2 N–H and O–H groups in total. The molecule has 1 fully saturated rings. The number of hydrogen-bond acceptors (Lipinski definition) is 5. The predicted molar refractivity (Wildman–Crippen MR) is 69.7 cm³/mol. The lowest BCUT2D eigenvalue weighted by molar-refractivity contribution is 0.178. The van der Waals surface area contributed by atoms with Crippen LogP contribution in [0.4, 0.5) is 5.69 Å². The summed E-state index contributed by atoms with van der Waals surface area (Å²) < 4.78 is 6.73. The van der Waals surface area contributed by atoms with Crippen molar-refractivity contribution in [3.8, 4) is 0 Å². The van der Waals surface area contributed by atoms with E-state index in [4.69, 9.17) is 10.5 Å². The summed E-state index contributed by atoms with van der Waals surface area (Å²) in [6, 6.07) is 1.49. The van der Waals surface area contributed by atoms with Crippen LogP contribution in [-0.4, -0.2) is 43.1 Å². The number of nitrogens with zero attached hydrogens (tertiary/aromatic N) is 3. The van der Waals surface area contributed by atoms with Gasteiger partial charge in [-0.15, -0.1) is 0 Å². The third-order valence-electron chi connectivity index (χ3n) is 3.33. The largest absolute Gasteiger partial charge is 0.381 e. The van der Waals surface area contributed by atoms with E-state index < -0.39 is 0 Å². The van der Waals surface area contributed by atoms with E-state index in [0.29, 0.717) is 19.1 Å². The molecule has 18 heavy (non-hydrogen) atoms. The van der Waals surface area contributed by atoms with Crippen LogP contribution in [-0.2, 0) is 11.3 Å². The Hall–Kier alpha value is -1.40. The molecule has 100 valence electrons. The first-order chi connectivity index (χ1) is 8.58. The van der Waals surface area contributed by atoms with Gasteiger partial charge in [-0.25, -0.2) is 4.68 Å². The number of anilines is 1. The summed E-state index contributed by atoms with van der Waals surface area (Å²) in [4.78, 5) is 13.7. The lowest BCUT2D eigenvalue weighted by Gasteiger charge is -2.18. The summed E-state index contributed by atoms with van der Waals surface area (Å²) in [5.41, 5.74) is 6.77. The molecule has 2 rings (SSSR count). The molecule has 1 aromatic rings. The Bertz CT molecular complexity index is 452. The van der Waals surface area contributed by atoms with Crippen molar-refractivity contribution in [2.75, 3.05) is 32.2 Å². The number of ether oxygens (including phenoxy) is 1. The van der Waals surface area contributed by atoms with Crippen LogP contribution in [0, 0.1) is 5.92 Å². The van der Waals surface area contributed by atoms with Crippen molar-refractivity contribution in [2.45, 2.75) is 19.0 Å². The van der Waals surface area contributed by atoms with Crippen molar-refractivity contribution in [3.05, 3.63) is 22.6 Å². The van der Waals surface area contributed by atoms with Gasteiger partial charge in [0.15, 0.2) is 0 Å². The maximum atomic E-state index is 11.9. The highest BCUT2D eigenvalue weighted by Crippen LogP contribution is 2.16. The molecule has 0 aliphatic carbocycles. The van der Waals surface area contributed by atoms with Crippen LogP contribution in [0.2, 0.25) is 0 Å². The molecule has 2 heterocycles. The average Bonchev–Trinajstić information content (AvgIpc) is 2.85. The van der Waals surface area contributed by atoms with Crippen LogP contribution in [0.5, 0.6) is 0 Å². The Kier molecular flexibility index (Phi) is 3.98. The number of rotatable bonds is 4. The molecule has 6 heteroatoms. The Morgan fingerprint density at radius 1 is 1.67 bits per heavy atom. The summed E-state index contributed by atoms with van der Waals surface area (Å²) in [6.07, 6.45) is 2.64. The minimum atomic E-state index is -0.115. The molecule has 0 amide bonds. The molecule has 1 saturated heterocycles. The molecule has 1 aliphatic rings. The number of aromatic nitrogens is 2. The third kappa shape index (κ3) is 2.88. The lowest BCUT2D eigenvalue weighted by Crippen LogP contribution is -2.39. The highest BCUT2D eigenvalue weighted by atomic mass is 16.5. The molecule has 0 saturated carbocycles. The molecule has 0 radical (unpaired) electrons. The second-order valence-electron chi connectivity index (χ2n) is 4.92. The fourth-order valence-corrected chi connectivity index (χ4v) is 2.04. The van der Waals surface area contributed by atoms with Crippen LogP contribution >= 0.6 is 0 Å². The van der Waals surface area contributed by atoms with Gasteiger partial charge in [-0.05, 0) is 6.42 Å². The van der Waals surface area contributed by atoms with Crippen molar-refractivity contribution in [1.82, 2.24) is 9.78 Å². The number of nitrogens with two attached hydrogens (primary N) is 1. The predicted octanol–water partition coefficient (Wildman–Crippen LogP) is -0.327. The molecule has 1 aromatic heterocycles. The molecule has 6 nitrogen and oxygen atoms in total. The van der Waals surface area contributed by atoms with Crippen molar-refractivity contribution in [3.63, 3.8) is 0 Å². The molecule has 2 atom stereocenters. The topological polar surface area (TPSA) is 73.4 Å². The van der Waals surface area contributed by atoms with E-state index in [2.05, 4.69) is 5.10 Å². The summed E-state index contributed by atoms with van der Waals surface area (Å²) >= 11 is 0. The molecule has 0 spiro atoms. The van der Waals surface area contributed by atoms with Gasteiger partial charge in [0.05, 0.1) is 25.0 Å². The normalized spacial score (nSPS) is 20.9. The Labute approximate surface area is 106 Å². The van der Waals surface area contributed by atoms with E-state index in [1.54, 1.807) is 12.3 Å². The van der Waals surface area contributed by atoms with Gasteiger partial charge in [0, 0.05) is 38.7 Å². The fourth-order valence-electron chi connectivity index (χ4n) is 2.04. The van der Waals surface area contributed by atoms with Crippen LogP contribution in [0.1, 0.15) is 6.42 Å². The summed E-state index contributed by atoms with van der Waals surface area (Å²) in [7, 11) is 3.75. The highest BCUT2D eigenvalue weighted by Gasteiger charge is 2.23. The van der Waals surface area contributed by atoms with Gasteiger partial charge >= 0.3 is 0 Å². The first-order valence-electron chi connectivity index (χ1n) is 6.15. The Morgan fingerprint density at radius 3 is 3.00 bits per heavy atom. The van der Waals surface area contributed by atoms with Crippen molar-refractivity contribution in [2.24, 2.45) is 11.7 Å². The van der Waals surface area contributed by atoms with E-state index in [0.717, 1.165) is 18.7 Å². The molecule has 2 unspecified atom stereocenters. The minimum absolute atomic E-state index is 0.0806. The number of hydrogen-bond donors (Lipinski definition) is 1. The summed E-state index contributed by atoms with van der Waals surface area (Å²) in [6.45, 7) is 1.90. The van der Waals surface area contributed by atoms with Crippen molar-refractivity contribution in [1.29, 1.82) is 0 Å². The highest BCUT2D eigenvalue weighted by molar-refractivity contribution is 5.40. The van der Waals surface area contributed by atoms with E-state index >= 15 is 0 Å². The zero-order valence-corrected chi connectivity index (χ0v) is 10.9. The van der Waals surface area contributed by atoms with E-state index in [9.17, 15) is 4.79 Å². The quantitative estimate of drug-likeness (QED) is 0.794. The SMILES string of the molecule is CN(C)c1cnn(CC(N)C2CCOC2)c(=O)c1. The minimum Gasteiger partial charge on any atom is -0.381 e. The standard InChI is InChI=1S/C12H20N4O2/c1-15(2)10-5-12(17)16(14-6-10)7-11(13)9-3-4-18-8-9/h5-6,9,11H,3-4,7-8,13H2,1-2H3. The Morgan fingerprint density at radius 2 is 2.44 bits per heavy atom. The average molecular weight is 252 g/mol. The maximum absolute atomic E-state index is 11.9. The Balaban J connectivity index is 2.07. The van der Waals surface area contributed by atoms with Gasteiger partial charge in [-0.3, -0.25) is 4.79 Å². The zero-order chi connectivity index (χ0) is 13.1. The van der Waals surface area contributed by atoms with E-state index in [-0.39, 0.29) is 11.6 Å². The molecular formula is C12H20N4O2. The van der Waals surface area contributed by atoms with Gasteiger partial charge in [0.2, 0.25) is 0 Å². The molecule has 1 aliphatic heterocycles. The first kappa shape index (κ1) is 13.0. The van der Waals surface area contributed by atoms with Crippen molar-refractivity contribution < 1.29 is 4.74 Å². The monoisotopic (exact) mass is 252 g/mol. The molecular weight excluding hydrogens is 232 g/mol. The lowest BCUT2D eigenvalue weighted by atomic mass is 10.0. The van der Waals surface area contributed by atoms with Gasteiger partial charge in [0.25, 0.3) is 5.56 Å². The second kappa shape index (κ2) is 5.49. The van der Waals surface area contributed by atoms with Crippen LogP contribution in [0.15, 0.2) is 17.1 Å². The van der Waals surface area contributed by atoms with E-state index in [1.807, 2.05) is 19.0 Å².